The smallest absolute Gasteiger partial charge is 0.0628 e. The van der Waals surface area contributed by atoms with Gasteiger partial charge in [0.25, 0.3) is 0 Å². The van der Waals surface area contributed by atoms with Crippen LogP contribution in [-0.2, 0) is 11.8 Å². The highest BCUT2D eigenvalue weighted by atomic mass is 16.5. The lowest BCUT2D eigenvalue weighted by atomic mass is 9.91. The maximum absolute atomic E-state index is 6.05. The van der Waals surface area contributed by atoms with E-state index in [9.17, 15) is 0 Å². The largest absolute Gasteiger partial charge is 0.378 e. The summed E-state index contributed by atoms with van der Waals surface area (Å²) in [5.74, 6) is 0.995. The van der Waals surface area contributed by atoms with E-state index in [0.717, 1.165) is 31.6 Å². The van der Waals surface area contributed by atoms with Crippen LogP contribution >= 0.6 is 0 Å². The summed E-state index contributed by atoms with van der Waals surface area (Å²) >= 11 is 0. The summed E-state index contributed by atoms with van der Waals surface area (Å²) in [4.78, 5) is 0. The molecule has 0 radical (unpaired) electrons. The molecule has 132 valence electrons. The molecule has 3 heterocycles. The molecule has 0 spiro atoms. The van der Waals surface area contributed by atoms with Crippen molar-refractivity contribution in [1.29, 1.82) is 0 Å². The van der Waals surface area contributed by atoms with Crippen molar-refractivity contribution in [3.8, 4) is 0 Å². The van der Waals surface area contributed by atoms with Crippen molar-refractivity contribution in [2.75, 3.05) is 6.61 Å². The van der Waals surface area contributed by atoms with Gasteiger partial charge in [-0.15, -0.1) is 0 Å². The van der Waals surface area contributed by atoms with Crippen molar-refractivity contribution in [2.45, 2.75) is 70.9 Å². The topological polar surface area (TPSA) is 44.9 Å². The van der Waals surface area contributed by atoms with Gasteiger partial charge in [0.15, 0.2) is 0 Å². The van der Waals surface area contributed by atoms with Crippen molar-refractivity contribution in [2.24, 2.45) is 7.05 Å². The Balaban J connectivity index is 1.63. The van der Waals surface area contributed by atoms with Gasteiger partial charge in [-0.05, 0) is 49.1 Å². The molecule has 1 saturated heterocycles. The lowest BCUT2D eigenvalue weighted by molar-refractivity contribution is -0.0150. The van der Waals surface area contributed by atoms with Crippen molar-refractivity contribution in [1.82, 2.24) is 19.6 Å². The quantitative estimate of drug-likeness (QED) is 0.833. The molecule has 0 aromatic carbocycles. The Kier molecular flexibility index (Phi) is 5.09. The van der Waals surface area contributed by atoms with E-state index in [0.29, 0.717) is 24.0 Å². The van der Waals surface area contributed by atoms with Crippen LogP contribution in [0.25, 0.3) is 0 Å². The predicted octanol–water partition coefficient (Wildman–Crippen LogP) is 3.96. The summed E-state index contributed by atoms with van der Waals surface area (Å²) in [6, 6.07) is 0.457. The molecule has 0 saturated carbocycles. The highest BCUT2D eigenvalue weighted by Crippen LogP contribution is 2.32. The first-order valence-electron chi connectivity index (χ1n) is 9.09. The normalized spacial score (nSPS) is 22.9. The molecular formula is C19H30N4O. The first-order chi connectivity index (χ1) is 11.4. The molecule has 2 aromatic heterocycles. The van der Waals surface area contributed by atoms with Crippen LogP contribution in [0.4, 0.5) is 0 Å². The van der Waals surface area contributed by atoms with Gasteiger partial charge in [-0.1, -0.05) is 20.8 Å². The molecule has 24 heavy (non-hydrogen) atoms. The van der Waals surface area contributed by atoms with Crippen LogP contribution in [0, 0.1) is 6.92 Å². The van der Waals surface area contributed by atoms with E-state index in [4.69, 9.17) is 4.74 Å². The Hall–Kier alpha value is -1.62. The van der Waals surface area contributed by atoms with Gasteiger partial charge in [0.05, 0.1) is 24.0 Å². The fourth-order valence-electron chi connectivity index (χ4n) is 3.74. The number of rotatable bonds is 5. The Bertz CT molecular complexity index is 673. The van der Waals surface area contributed by atoms with Crippen molar-refractivity contribution >= 4 is 0 Å². The first-order valence-corrected chi connectivity index (χ1v) is 9.09. The van der Waals surface area contributed by atoms with E-state index < -0.39 is 0 Å². The molecule has 1 aliphatic heterocycles. The van der Waals surface area contributed by atoms with E-state index in [-0.39, 0.29) is 0 Å². The Morgan fingerprint density at radius 2 is 2.08 bits per heavy atom. The van der Waals surface area contributed by atoms with Crippen molar-refractivity contribution < 1.29 is 4.74 Å². The van der Waals surface area contributed by atoms with Gasteiger partial charge in [0, 0.05) is 26.0 Å². The van der Waals surface area contributed by atoms with Crippen LogP contribution in [0.2, 0.25) is 0 Å². The highest BCUT2D eigenvalue weighted by Gasteiger charge is 2.27. The number of ether oxygens (including phenoxy) is 1. The number of aryl methyl sites for hydroxylation is 2. The summed E-state index contributed by atoms with van der Waals surface area (Å²) in [5, 5.41) is 9.07. The lowest BCUT2D eigenvalue weighted by Crippen LogP contribution is -2.29. The molecule has 1 aliphatic rings. The molecule has 3 unspecified atom stereocenters. The van der Waals surface area contributed by atoms with E-state index >= 15 is 0 Å². The van der Waals surface area contributed by atoms with Gasteiger partial charge < -0.3 is 4.74 Å². The first kappa shape index (κ1) is 17.2. The molecule has 3 rings (SSSR count). The standard InChI is InChI=1S/C19H30N4O/c1-13(2)16-10-20-23(11-16)17-6-7-24-18(9-17)8-14(3)19-12-22(5)21-15(19)4/h10-14,17-18H,6-9H2,1-5H3. The SMILES string of the molecule is Cc1nn(C)cc1C(C)CC1CC(n2cc(C(C)C)cn2)CCO1. The van der Waals surface area contributed by atoms with Gasteiger partial charge in [-0.2, -0.15) is 10.2 Å². The third kappa shape index (κ3) is 3.72. The zero-order valence-electron chi connectivity index (χ0n) is 15.6. The Morgan fingerprint density at radius 3 is 2.71 bits per heavy atom. The van der Waals surface area contributed by atoms with Crippen LogP contribution in [0.15, 0.2) is 18.6 Å². The second-order valence-corrected chi connectivity index (χ2v) is 7.56. The molecule has 5 heteroatoms. The molecule has 3 atom stereocenters. The summed E-state index contributed by atoms with van der Waals surface area (Å²) < 4.78 is 10.1. The Labute approximate surface area is 145 Å². The van der Waals surface area contributed by atoms with Crippen molar-refractivity contribution in [3.05, 3.63) is 35.4 Å². The molecule has 1 fully saturated rings. The number of hydrogen-bond acceptors (Lipinski definition) is 3. The molecule has 0 aliphatic carbocycles. The minimum absolute atomic E-state index is 0.296. The maximum Gasteiger partial charge on any atom is 0.0628 e. The van der Waals surface area contributed by atoms with E-state index in [1.54, 1.807) is 0 Å². The van der Waals surface area contributed by atoms with E-state index in [1.165, 1.54) is 11.1 Å². The van der Waals surface area contributed by atoms with Gasteiger partial charge in [-0.3, -0.25) is 9.36 Å². The molecular weight excluding hydrogens is 300 g/mol. The van der Waals surface area contributed by atoms with Gasteiger partial charge in [0.1, 0.15) is 0 Å². The zero-order chi connectivity index (χ0) is 17.3. The second-order valence-electron chi connectivity index (χ2n) is 7.56. The van der Waals surface area contributed by atoms with Crippen LogP contribution in [0.3, 0.4) is 0 Å². The monoisotopic (exact) mass is 330 g/mol. The lowest BCUT2D eigenvalue weighted by Gasteiger charge is -2.31. The number of nitrogens with zero attached hydrogens (tertiary/aromatic N) is 4. The Morgan fingerprint density at radius 1 is 1.29 bits per heavy atom. The third-order valence-electron chi connectivity index (χ3n) is 5.20. The summed E-state index contributed by atoms with van der Waals surface area (Å²) in [6.45, 7) is 9.62. The van der Waals surface area contributed by atoms with Crippen LogP contribution in [-0.4, -0.2) is 32.3 Å². The second kappa shape index (κ2) is 7.09. The van der Waals surface area contributed by atoms with Gasteiger partial charge in [-0.25, -0.2) is 0 Å². The van der Waals surface area contributed by atoms with Crippen LogP contribution in [0.5, 0.6) is 0 Å². The summed E-state index contributed by atoms with van der Waals surface area (Å²) in [6.07, 6.45) is 9.80. The third-order valence-corrected chi connectivity index (χ3v) is 5.20. The average molecular weight is 330 g/mol. The fourth-order valence-corrected chi connectivity index (χ4v) is 3.74. The zero-order valence-corrected chi connectivity index (χ0v) is 15.6. The van der Waals surface area contributed by atoms with Crippen LogP contribution < -0.4 is 0 Å². The van der Waals surface area contributed by atoms with Crippen LogP contribution in [0.1, 0.15) is 74.7 Å². The fraction of sp³-hybridized carbons (Fsp3) is 0.684. The molecule has 0 N–H and O–H groups in total. The van der Waals surface area contributed by atoms with E-state index in [1.807, 2.05) is 17.9 Å². The van der Waals surface area contributed by atoms with Gasteiger partial charge in [0.2, 0.25) is 0 Å². The molecule has 2 aromatic rings. The average Bonchev–Trinajstić information content (AvgIpc) is 3.14. The molecule has 0 bridgehead atoms. The number of aromatic nitrogens is 4. The molecule has 5 nitrogen and oxygen atoms in total. The van der Waals surface area contributed by atoms with Gasteiger partial charge >= 0.3 is 0 Å². The minimum atomic E-state index is 0.296. The molecule has 0 amide bonds. The maximum atomic E-state index is 6.05. The van der Waals surface area contributed by atoms with Crippen molar-refractivity contribution in [3.63, 3.8) is 0 Å². The highest BCUT2D eigenvalue weighted by molar-refractivity contribution is 5.20. The summed E-state index contributed by atoms with van der Waals surface area (Å²) in [7, 11) is 1.99. The predicted molar refractivity (Wildman–Crippen MR) is 95.3 cm³/mol. The summed E-state index contributed by atoms with van der Waals surface area (Å²) in [5.41, 5.74) is 3.79. The van der Waals surface area contributed by atoms with E-state index in [2.05, 4.69) is 55.0 Å². The minimum Gasteiger partial charge on any atom is -0.378 e. The number of hydrogen-bond donors (Lipinski definition) is 0.